The maximum absolute atomic E-state index is 12.0. The molecule has 88 valence electrons. The number of pyridine rings is 1. The highest BCUT2D eigenvalue weighted by molar-refractivity contribution is 6.24. The highest BCUT2D eigenvalue weighted by Gasteiger charge is 2.19. The van der Waals surface area contributed by atoms with Gasteiger partial charge in [0.25, 0.3) is 0 Å². The molecule has 2 N–H and O–H groups in total. The minimum atomic E-state index is -0.368. The van der Waals surface area contributed by atoms with Crippen LogP contribution in [0.25, 0.3) is 5.70 Å². The van der Waals surface area contributed by atoms with E-state index in [4.69, 9.17) is 5.41 Å². The number of carbonyl (C=O) groups is 1. The van der Waals surface area contributed by atoms with Crippen molar-refractivity contribution >= 4 is 23.2 Å². The average Bonchev–Trinajstić information content (AvgIpc) is 2.42. The summed E-state index contributed by atoms with van der Waals surface area (Å²) < 4.78 is 1.55. The molecule has 0 atom stereocenters. The van der Waals surface area contributed by atoms with E-state index >= 15 is 0 Å². The largest absolute Gasteiger partial charge is 0.338 e. The van der Waals surface area contributed by atoms with Crippen molar-refractivity contribution in [1.82, 2.24) is 0 Å². The third-order valence-electron chi connectivity index (χ3n) is 2.34. The van der Waals surface area contributed by atoms with Crippen molar-refractivity contribution in [2.75, 3.05) is 5.32 Å². The molecule has 1 aromatic carbocycles. The molecule has 2 aromatic rings. The molecule has 4 heteroatoms. The van der Waals surface area contributed by atoms with Crippen molar-refractivity contribution in [3.8, 4) is 0 Å². The second-order valence-corrected chi connectivity index (χ2v) is 3.58. The Morgan fingerprint density at radius 2 is 1.67 bits per heavy atom. The molecule has 1 heterocycles. The molecule has 0 saturated heterocycles. The fourth-order valence-corrected chi connectivity index (χ4v) is 1.50. The summed E-state index contributed by atoms with van der Waals surface area (Å²) in [6.07, 6.45) is 3.39. The van der Waals surface area contributed by atoms with Gasteiger partial charge in [0.05, 0.1) is 5.87 Å². The SMILES string of the molecule is N=C=C(C(=O)Nc1ccccc1)[n+]1ccccc1. The molecule has 2 rings (SSSR count). The number of nitrogens with one attached hydrogen (secondary N) is 2. The van der Waals surface area contributed by atoms with Gasteiger partial charge in [0.1, 0.15) is 0 Å². The van der Waals surface area contributed by atoms with Crippen LogP contribution in [0.2, 0.25) is 0 Å². The van der Waals surface area contributed by atoms with E-state index in [2.05, 4.69) is 11.2 Å². The molecule has 0 bridgehead atoms. The maximum Gasteiger partial charge on any atom is 0.338 e. The second-order valence-electron chi connectivity index (χ2n) is 3.58. The van der Waals surface area contributed by atoms with Crippen LogP contribution < -0.4 is 9.88 Å². The monoisotopic (exact) mass is 238 g/mol. The summed E-state index contributed by atoms with van der Waals surface area (Å²) in [7, 11) is 0. The summed E-state index contributed by atoms with van der Waals surface area (Å²) in [6.45, 7) is 0. The molecule has 0 saturated carbocycles. The van der Waals surface area contributed by atoms with Gasteiger partial charge in [-0.05, 0) is 12.1 Å². The minimum absolute atomic E-state index is 0.138. The van der Waals surface area contributed by atoms with Crippen molar-refractivity contribution in [1.29, 1.82) is 5.41 Å². The third kappa shape index (κ3) is 2.70. The fourth-order valence-electron chi connectivity index (χ4n) is 1.50. The summed E-state index contributed by atoms with van der Waals surface area (Å²) >= 11 is 0. The molecule has 1 aromatic heterocycles. The van der Waals surface area contributed by atoms with Crippen LogP contribution in [0.1, 0.15) is 0 Å². The number of hydrogen-bond donors (Lipinski definition) is 2. The van der Waals surface area contributed by atoms with Gasteiger partial charge in [0.2, 0.25) is 0 Å². The Kier molecular flexibility index (Phi) is 3.64. The van der Waals surface area contributed by atoms with E-state index < -0.39 is 0 Å². The van der Waals surface area contributed by atoms with Gasteiger partial charge in [0, 0.05) is 17.8 Å². The van der Waals surface area contributed by atoms with Crippen LogP contribution >= 0.6 is 0 Å². The van der Waals surface area contributed by atoms with E-state index in [9.17, 15) is 4.79 Å². The van der Waals surface area contributed by atoms with Crippen LogP contribution in [0.4, 0.5) is 5.69 Å². The Bertz CT molecular complexity index is 587. The van der Waals surface area contributed by atoms with Crippen LogP contribution in [0.15, 0.2) is 60.9 Å². The van der Waals surface area contributed by atoms with Gasteiger partial charge >= 0.3 is 11.6 Å². The van der Waals surface area contributed by atoms with Crippen LogP contribution in [0.3, 0.4) is 0 Å². The molecular weight excluding hydrogens is 226 g/mol. The molecule has 0 radical (unpaired) electrons. The minimum Gasteiger partial charge on any atom is -0.316 e. The lowest BCUT2D eigenvalue weighted by atomic mass is 10.3. The van der Waals surface area contributed by atoms with Crippen LogP contribution in [0, 0.1) is 5.41 Å². The van der Waals surface area contributed by atoms with E-state index in [0.717, 1.165) is 0 Å². The van der Waals surface area contributed by atoms with Crippen LogP contribution in [-0.2, 0) is 4.79 Å². The van der Waals surface area contributed by atoms with Crippen LogP contribution in [0.5, 0.6) is 0 Å². The number of carbonyl (C=O) groups excluding carboxylic acids is 1. The lowest BCUT2D eigenvalue weighted by molar-refractivity contribution is -0.575. The normalized spacial score (nSPS) is 9.33. The Hall–Kier alpha value is -2.71. The molecule has 0 unspecified atom stereocenters. The second kappa shape index (κ2) is 5.57. The molecule has 4 nitrogen and oxygen atoms in total. The topological polar surface area (TPSA) is 56.8 Å². The van der Waals surface area contributed by atoms with Gasteiger partial charge in [-0.2, -0.15) is 4.57 Å². The fraction of sp³-hybridized carbons (Fsp3) is 0. The molecule has 0 aliphatic rings. The Labute approximate surface area is 105 Å². The van der Waals surface area contributed by atoms with Crippen molar-refractivity contribution in [3.05, 3.63) is 60.9 Å². The molecule has 0 spiro atoms. The van der Waals surface area contributed by atoms with E-state index in [1.54, 1.807) is 41.2 Å². The number of aromatic nitrogens is 1. The number of para-hydroxylation sites is 1. The lowest BCUT2D eigenvalue weighted by Crippen LogP contribution is -2.38. The number of nitrogens with zero attached hydrogens (tertiary/aromatic N) is 1. The smallest absolute Gasteiger partial charge is 0.316 e. The Morgan fingerprint density at radius 1 is 1.06 bits per heavy atom. The predicted octanol–water partition coefficient (Wildman–Crippen LogP) is 1.70. The number of amides is 1. The first-order valence-electron chi connectivity index (χ1n) is 5.44. The lowest BCUT2D eigenvalue weighted by Gasteiger charge is -2.02. The Morgan fingerprint density at radius 3 is 2.28 bits per heavy atom. The van der Waals surface area contributed by atoms with Crippen molar-refractivity contribution in [3.63, 3.8) is 0 Å². The standard InChI is InChI=1S/C14H11N3O/c15-11-13(17-9-5-2-6-10-17)14(18)16-12-7-3-1-4-8-12/h1-10,15H/p+1. The van der Waals surface area contributed by atoms with E-state index in [1.807, 2.05) is 24.3 Å². The van der Waals surface area contributed by atoms with E-state index in [1.165, 1.54) is 0 Å². The molecule has 1 amide bonds. The average molecular weight is 238 g/mol. The van der Waals surface area contributed by atoms with Gasteiger partial charge < -0.3 is 5.32 Å². The van der Waals surface area contributed by atoms with E-state index in [0.29, 0.717) is 5.69 Å². The number of hydrogen-bond acceptors (Lipinski definition) is 2. The molecule has 0 fully saturated rings. The molecular formula is C14H12N3O+. The molecule has 0 aliphatic heterocycles. The summed E-state index contributed by atoms with van der Waals surface area (Å²) in [6, 6.07) is 14.5. The van der Waals surface area contributed by atoms with Crippen molar-refractivity contribution < 1.29 is 9.36 Å². The third-order valence-corrected chi connectivity index (χ3v) is 2.34. The first kappa shape index (κ1) is 11.8. The van der Waals surface area contributed by atoms with E-state index in [-0.39, 0.29) is 11.6 Å². The van der Waals surface area contributed by atoms with Gasteiger partial charge in [0.15, 0.2) is 12.4 Å². The number of benzene rings is 1. The summed E-state index contributed by atoms with van der Waals surface area (Å²) in [5, 5.41) is 9.94. The van der Waals surface area contributed by atoms with Gasteiger partial charge in [-0.25, -0.2) is 0 Å². The molecule has 0 aliphatic carbocycles. The first-order valence-corrected chi connectivity index (χ1v) is 5.44. The van der Waals surface area contributed by atoms with Crippen molar-refractivity contribution in [2.45, 2.75) is 0 Å². The summed E-state index contributed by atoms with van der Waals surface area (Å²) in [5.41, 5.74) is 0.825. The number of rotatable bonds is 3. The molecule has 18 heavy (non-hydrogen) atoms. The van der Waals surface area contributed by atoms with Crippen LogP contribution in [-0.4, -0.2) is 11.8 Å². The summed E-state index contributed by atoms with van der Waals surface area (Å²) in [5.74, 6) is 1.79. The number of anilines is 1. The summed E-state index contributed by atoms with van der Waals surface area (Å²) in [4.78, 5) is 12.0. The maximum atomic E-state index is 12.0. The van der Waals surface area contributed by atoms with Gasteiger partial charge in [-0.1, -0.05) is 24.3 Å². The zero-order valence-electron chi connectivity index (χ0n) is 9.63. The highest BCUT2D eigenvalue weighted by Crippen LogP contribution is 2.06. The zero-order chi connectivity index (χ0) is 12.8. The Balaban J connectivity index is 2.21. The van der Waals surface area contributed by atoms with Gasteiger partial charge in [-0.15, -0.1) is 0 Å². The predicted molar refractivity (Wildman–Crippen MR) is 69.1 cm³/mol. The zero-order valence-corrected chi connectivity index (χ0v) is 9.63. The van der Waals surface area contributed by atoms with Crippen molar-refractivity contribution in [2.24, 2.45) is 0 Å². The first-order chi connectivity index (χ1) is 8.81. The van der Waals surface area contributed by atoms with Gasteiger partial charge in [-0.3, -0.25) is 10.2 Å². The highest BCUT2D eigenvalue weighted by atomic mass is 16.2. The quantitative estimate of drug-likeness (QED) is 0.477.